The molecule has 2 aliphatic rings. The summed E-state index contributed by atoms with van der Waals surface area (Å²) >= 11 is 0. The van der Waals surface area contributed by atoms with Crippen molar-refractivity contribution in [3.8, 4) is 0 Å². The molecule has 2 saturated heterocycles. The number of rotatable bonds is 6. The lowest BCUT2D eigenvalue weighted by molar-refractivity contribution is -0.132. The number of urea groups is 1. The van der Waals surface area contributed by atoms with Gasteiger partial charge in [0.05, 0.1) is 6.54 Å². The van der Waals surface area contributed by atoms with Gasteiger partial charge in [0.2, 0.25) is 0 Å². The number of likely N-dealkylation sites (N-methyl/N-ethyl adjacent to an activating group) is 1. The summed E-state index contributed by atoms with van der Waals surface area (Å²) in [5, 5.41) is 14.9. The summed E-state index contributed by atoms with van der Waals surface area (Å²) in [6.45, 7) is 7.18. The average molecular weight is 349 g/mol. The number of hydrogen-bond donors (Lipinski definition) is 1. The number of carbonyl (C=O) groups is 2. The Kier molecular flexibility index (Phi) is 5.03. The summed E-state index contributed by atoms with van der Waals surface area (Å²) in [4.78, 5) is 27.9. The molecule has 1 N–H and O–H groups in total. The van der Waals surface area contributed by atoms with Crippen LogP contribution in [0.2, 0.25) is 0 Å². The Hall–Kier alpha value is -2.03. The van der Waals surface area contributed by atoms with E-state index in [9.17, 15) is 9.59 Å². The molecule has 0 aliphatic carbocycles. The molecule has 3 heterocycles. The molecule has 0 saturated carbocycles. The van der Waals surface area contributed by atoms with E-state index in [0.717, 1.165) is 51.1 Å². The summed E-state index contributed by atoms with van der Waals surface area (Å²) in [5.74, 6) is 0.804. The smallest absolute Gasteiger partial charge is 0.323 e. The zero-order valence-electron chi connectivity index (χ0n) is 15.2. The van der Waals surface area contributed by atoms with Crippen LogP contribution >= 0.6 is 0 Å². The van der Waals surface area contributed by atoms with Gasteiger partial charge in [0.1, 0.15) is 5.54 Å². The first-order valence-corrected chi connectivity index (χ1v) is 9.03. The lowest BCUT2D eigenvalue weighted by atomic mass is 9.80. The highest BCUT2D eigenvalue weighted by molar-refractivity contribution is 6.06. The van der Waals surface area contributed by atoms with E-state index in [-0.39, 0.29) is 17.9 Å². The fraction of sp³-hybridized carbons (Fsp3) is 0.812. The van der Waals surface area contributed by atoms with E-state index in [1.54, 1.807) is 0 Å². The Labute approximate surface area is 147 Å². The predicted molar refractivity (Wildman–Crippen MR) is 90.4 cm³/mol. The number of aryl methyl sites for hydroxylation is 1. The number of hydrogen-bond acceptors (Lipinski definition) is 6. The summed E-state index contributed by atoms with van der Waals surface area (Å²) in [7, 11) is 1.53. The summed E-state index contributed by atoms with van der Waals surface area (Å²) in [6, 6.07) is -0.312. The van der Waals surface area contributed by atoms with E-state index >= 15 is 0 Å². The zero-order valence-corrected chi connectivity index (χ0v) is 15.2. The van der Waals surface area contributed by atoms with Crippen LogP contribution in [0.25, 0.3) is 0 Å². The maximum atomic E-state index is 12.5. The van der Waals surface area contributed by atoms with Crippen LogP contribution in [0.3, 0.4) is 0 Å². The quantitative estimate of drug-likeness (QED) is 0.757. The molecule has 3 rings (SSSR count). The maximum absolute atomic E-state index is 12.5. The standard InChI is InChI=1S/C16H27N7O2/c1-4-5-9-23-13(18-19-20-23)11-22-8-6-7-12(10-22)16(2)14(24)21(3)15(25)17-16/h12H,4-11H2,1-3H3,(H,17,25)/t12-,16+/m1/s1. The first kappa shape index (κ1) is 17.8. The Bertz CT molecular complexity index is 646. The van der Waals surface area contributed by atoms with Crippen LogP contribution in [0.4, 0.5) is 4.79 Å². The molecule has 3 amide bonds. The van der Waals surface area contributed by atoms with E-state index in [4.69, 9.17) is 0 Å². The molecule has 0 spiro atoms. The number of aromatic nitrogens is 4. The van der Waals surface area contributed by atoms with Crippen LogP contribution in [0.15, 0.2) is 0 Å². The summed E-state index contributed by atoms with van der Waals surface area (Å²) in [5.41, 5.74) is -0.821. The second-order valence-corrected chi connectivity index (χ2v) is 7.24. The van der Waals surface area contributed by atoms with Gasteiger partial charge in [-0.1, -0.05) is 13.3 Å². The van der Waals surface area contributed by atoms with Gasteiger partial charge in [0, 0.05) is 26.1 Å². The fourth-order valence-corrected chi connectivity index (χ4v) is 3.77. The van der Waals surface area contributed by atoms with Gasteiger partial charge in [-0.3, -0.25) is 14.6 Å². The van der Waals surface area contributed by atoms with E-state index < -0.39 is 5.54 Å². The number of imide groups is 1. The molecule has 0 aromatic carbocycles. The molecule has 138 valence electrons. The molecule has 0 radical (unpaired) electrons. The van der Waals surface area contributed by atoms with Gasteiger partial charge in [-0.2, -0.15) is 0 Å². The van der Waals surface area contributed by atoms with Crippen molar-refractivity contribution in [3.05, 3.63) is 5.82 Å². The van der Waals surface area contributed by atoms with Crippen molar-refractivity contribution in [1.29, 1.82) is 0 Å². The molecular weight excluding hydrogens is 322 g/mol. The zero-order chi connectivity index (χ0) is 18.0. The Morgan fingerprint density at radius 1 is 1.36 bits per heavy atom. The number of tetrazole rings is 1. The summed E-state index contributed by atoms with van der Waals surface area (Å²) in [6.07, 6.45) is 4.06. The molecular formula is C16H27N7O2. The van der Waals surface area contributed by atoms with Crippen LogP contribution in [0, 0.1) is 5.92 Å². The van der Waals surface area contributed by atoms with Crippen LogP contribution in [-0.4, -0.2) is 67.6 Å². The second kappa shape index (κ2) is 7.07. The molecule has 2 aliphatic heterocycles. The fourth-order valence-electron chi connectivity index (χ4n) is 3.77. The third-order valence-corrected chi connectivity index (χ3v) is 5.44. The van der Waals surface area contributed by atoms with Crippen molar-refractivity contribution in [3.63, 3.8) is 0 Å². The largest absolute Gasteiger partial charge is 0.324 e. The Balaban J connectivity index is 1.67. The minimum atomic E-state index is -0.821. The molecule has 9 nitrogen and oxygen atoms in total. The minimum absolute atomic E-state index is 0.0858. The average Bonchev–Trinajstić information content (AvgIpc) is 3.12. The molecule has 9 heteroatoms. The Morgan fingerprint density at radius 2 is 2.16 bits per heavy atom. The third-order valence-electron chi connectivity index (χ3n) is 5.44. The first-order valence-electron chi connectivity index (χ1n) is 9.03. The van der Waals surface area contributed by atoms with Crippen molar-refractivity contribution in [2.24, 2.45) is 5.92 Å². The Morgan fingerprint density at radius 3 is 2.84 bits per heavy atom. The highest BCUT2D eigenvalue weighted by Gasteiger charge is 2.51. The van der Waals surface area contributed by atoms with Gasteiger partial charge in [0.25, 0.3) is 5.91 Å². The van der Waals surface area contributed by atoms with Gasteiger partial charge < -0.3 is 5.32 Å². The van der Waals surface area contributed by atoms with Crippen LogP contribution in [0.5, 0.6) is 0 Å². The molecule has 0 bridgehead atoms. The van der Waals surface area contributed by atoms with Crippen molar-refractivity contribution < 1.29 is 9.59 Å². The van der Waals surface area contributed by atoms with Crippen LogP contribution in [0.1, 0.15) is 45.4 Å². The van der Waals surface area contributed by atoms with Gasteiger partial charge >= 0.3 is 6.03 Å². The van der Waals surface area contributed by atoms with Crippen molar-refractivity contribution >= 4 is 11.9 Å². The minimum Gasteiger partial charge on any atom is -0.323 e. The van der Waals surface area contributed by atoms with E-state index in [1.165, 1.54) is 11.9 Å². The predicted octanol–water partition coefficient (Wildman–Crippen LogP) is 0.626. The highest BCUT2D eigenvalue weighted by atomic mass is 16.2. The number of amides is 3. The number of nitrogens with zero attached hydrogens (tertiary/aromatic N) is 6. The van der Waals surface area contributed by atoms with E-state index in [0.29, 0.717) is 6.54 Å². The second-order valence-electron chi connectivity index (χ2n) is 7.24. The monoisotopic (exact) mass is 349 g/mol. The molecule has 2 fully saturated rings. The molecule has 1 aromatic heterocycles. The van der Waals surface area contributed by atoms with Gasteiger partial charge in [0.15, 0.2) is 5.82 Å². The van der Waals surface area contributed by atoms with Gasteiger partial charge in [-0.25, -0.2) is 9.48 Å². The van der Waals surface area contributed by atoms with Crippen molar-refractivity contribution in [1.82, 2.24) is 35.3 Å². The number of unbranched alkanes of at least 4 members (excludes halogenated alkanes) is 1. The van der Waals surface area contributed by atoms with Crippen molar-refractivity contribution in [2.45, 2.75) is 58.2 Å². The maximum Gasteiger partial charge on any atom is 0.324 e. The third kappa shape index (κ3) is 3.37. The van der Waals surface area contributed by atoms with E-state index in [1.807, 2.05) is 11.6 Å². The number of likely N-dealkylation sites (tertiary alicyclic amines) is 1. The lowest BCUT2D eigenvalue weighted by Crippen LogP contribution is -2.55. The number of carbonyl (C=O) groups excluding carboxylic acids is 2. The van der Waals surface area contributed by atoms with E-state index in [2.05, 4.69) is 32.7 Å². The first-order chi connectivity index (χ1) is 12.0. The molecule has 1 aromatic rings. The van der Waals surface area contributed by atoms with Crippen LogP contribution < -0.4 is 5.32 Å². The molecule has 2 atom stereocenters. The highest BCUT2D eigenvalue weighted by Crippen LogP contribution is 2.32. The topological polar surface area (TPSA) is 96.2 Å². The summed E-state index contributed by atoms with van der Waals surface area (Å²) < 4.78 is 1.87. The van der Waals surface area contributed by atoms with Gasteiger partial charge in [-0.05, 0) is 43.2 Å². The van der Waals surface area contributed by atoms with Gasteiger partial charge in [-0.15, -0.1) is 5.10 Å². The lowest BCUT2D eigenvalue weighted by Gasteiger charge is -2.39. The van der Waals surface area contributed by atoms with Crippen LogP contribution in [-0.2, 0) is 17.9 Å². The molecule has 0 unspecified atom stereocenters. The van der Waals surface area contributed by atoms with Crippen molar-refractivity contribution in [2.75, 3.05) is 20.1 Å². The SMILES string of the molecule is CCCCn1nnnc1CN1CCC[C@@H]([C@]2(C)NC(=O)N(C)C2=O)C1. The number of piperidine rings is 1. The molecule has 25 heavy (non-hydrogen) atoms. The normalized spacial score (nSPS) is 27.8. The number of nitrogens with one attached hydrogen (secondary N) is 1.